The molecular formula is C9H14. The Balaban J connectivity index is 1.66. The fourth-order valence-corrected chi connectivity index (χ4v) is 2.80. The Labute approximate surface area is 56.6 Å². The number of hydrogen-bond donors (Lipinski definition) is 0. The van der Waals surface area contributed by atoms with Crippen molar-refractivity contribution in [1.29, 1.82) is 0 Å². The van der Waals surface area contributed by atoms with Crippen molar-refractivity contribution in [2.45, 2.75) is 32.1 Å². The Morgan fingerprint density at radius 2 is 1.44 bits per heavy atom. The first-order valence-electron chi connectivity index (χ1n) is 4.45. The van der Waals surface area contributed by atoms with Crippen molar-refractivity contribution in [2.24, 2.45) is 23.7 Å². The van der Waals surface area contributed by atoms with Crippen LogP contribution in [0.25, 0.3) is 0 Å². The summed E-state index contributed by atoms with van der Waals surface area (Å²) in [6, 6.07) is 0. The molecule has 3 rings (SSSR count). The highest BCUT2D eigenvalue weighted by atomic mass is 14.6. The van der Waals surface area contributed by atoms with Gasteiger partial charge in [0, 0.05) is 0 Å². The van der Waals surface area contributed by atoms with Crippen LogP contribution in [0.1, 0.15) is 32.1 Å². The van der Waals surface area contributed by atoms with E-state index in [0.29, 0.717) is 0 Å². The van der Waals surface area contributed by atoms with Gasteiger partial charge in [0.05, 0.1) is 0 Å². The number of fused-ring (bicyclic) bond motifs is 1. The molecule has 3 aliphatic carbocycles. The van der Waals surface area contributed by atoms with E-state index in [9.17, 15) is 0 Å². The Morgan fingerprint density at radius 1 is 0.778 bits per heavy atom. The summed E-state index contributed by atoms with van der Waals surface area (Å²) in [6.45, 7) is 0. The van der Waals surface area contributed by atoms with Crippen LogP contribution in [0, 0.1) is 23.7 Å². The molecule has 3 aliphatic rings. The summed E-state index contributed by atoms with van der Waals surface area (Å²) < 4.78 is 0. The van der Waals surface area contributed by atoms with E-state index in [4.69, 9.17) is 0 Å². The van der Waals surface area contributed by atoms with Crippen molar-refractivity contribution in [3.05, 3.63) is 0 Å². The second-order valence-corrected chi connectivity index (χ2v) is 4.25. The topological polar surface area (TPSA) is 0 Å². The zero-order valence-corrected chi connectivity index (χ0v) is 5.84. The standard InChI is InChI=1S/C9H14/c1-2-6(3-1)8-4-7-5-9(7)8/h6-9H,1-5H2. The third kappa shape index (κ3) is 0.500. The third-order valence-electron chi connectivity index (χ3n) is 3.86. The lowest BCUT2D eigenvalue weighted by atomic mass is 9.67. The maximum absolute atomic E-state index is 1.62. The Kier molecular flexibility index (Phi) is 0.717. The zero-order valence-electron chi connectivity index (χ0n) is 5.84. The van der Waals surface area contributed by atoms with Gasteiger partial charge in [0.1, 0.15) is 0 Å². The molecule has 0 aromatic rings. The van der Waals surface area contributed by atoms with Crippen molar-refractivity contribution in [3.8, 4) is 0 Å². The maximum atomic E-state index is 1.62. The largest absolute Gasteiger partial charge is 0.0528 e. The van der Waals surface area contributed by atoms with Crippen molar-refractivity contribution in [2.75, 3.05) is 0 Å². The van der Waals surface area contributed by atoms with E-state index in [1.54, 1.807) is 32.1 Å². The van der Waals surface area contributed by atoms with Crippen LogP contribution >= 0.6 is 0 Å². The summed E-state index contributed by atoms with van der Waals surface area (Å²) in [4.78, 5) is 0. The fraction of sp³-hybridized carbons (Fsp3) is 1.00. The maximum Gasteiger partial charge on any atom is -0.0352 e. The van der Waals surface area contributed by atoms with E-state index >= 15 is 0 Å². The number of rotatable bonds is 1. The van der Waals surface area contributed by atoms with Gasteiger partial charge in [-0.15, -0.1) is 0 Å². The van der Waals surface area contributed by atoms with Crippen molar-refractivity contribution < 1.29 is 0 Å². The van der Waals surface area contributed by atoms with Gasteiger partial charge < -0.3 is 0 Å². The lowest BCUT2D eigenvalue weighted by Crippen LogP contribution is -2.29. The molecule has 0 aromatic heterocycles. The fourth-order valence-electron chi connectivity index (χ4n) is 2.80. The highest BCUT2D eigenvalue weighted by Crippen LogP contribution is 2.64. The van der Waals surface area contributed by atoms with Crippen LogP contribution in [0.15, 0.2) is 0 Å². The normalized spacial score (nSPS) is 55.3. The van der Waals surface area contributed by atoms with Crippen LogP contribution in [0.2, 0.25) is 0 Å². The molecule has 0 heterocycles. The zero-order chi connectivity index (χ0) is 5.84. The molecule has 0 aromatic carbocycles. The second kappa shape index (κ2) is 1.36. The average molecular weight is 122 g/mol. The summed E-state index contributed by atoms with van der Waals surface area (Å²) in [6.07, 6.45) is 7.93. The molecule has 0 radical (unpaired) electrons. The molecule has 3 fully saturated rings. The molecule has 3 atom stereocenters. The van der Waals surface area contributed by atoms with Gasteiger partial charge in [0.25, 0.3) is 0 Å². The smallest absolute Gasteiger partial charge is 0.0352 e. The van der Waals surface area contributed by atoms with Crippen LogP contribution in [0.3, 0.4) is 0 Å². The predicted molar refractivity (Wildman–Crippen MR) is 37.0 cm³/mol. The molecule has 0 aliphatic heterocycles. The number of hydrogen-bond acceptors (Lipinski definition) is 0. The van der Waals surface area contributed by atoms with E-state index < -0.39 is 0 Å². The Hall–Kier alpha value is 0. The van der Waals surface area contributed by atoms with Crippen LogP contribution in [0.4, 0.5) is 0 Å². The molecule has 0 saturated heterocycles. The molecular weight excluding hydrogens is 108 g/mol. The molecule has 0 spiro atoms. The Bertz CT molecular complexity index is 135. The molecule has 0 bridgehead atoms. The monoisotopic (exact) mass is 122 g/mol. The van der Waals surface area contributed by atoms with E-state index in [-0.39, 0.29) is 0 Å². The summed E-state index contributed by atoms with van der Waals surface area (Å²) >= 11 is 0. The van der Waals surface area contributed by atoms with Gasteiger partial charge in [0.15, 0.2) is 0 Å². The van der Waals surface area contributed by atoms with Gasteiger partial charge in [-0.05, 0) is 36.5 Å². The SMILES string of the molecule is C1CC(C2CC3CC32)C1. The van der Waals surface area contributed by atoms with Crippen LogP contribution in [-0.2, 0) is 0 Å². The van der Waals surface area contributed by atoms with E-state index in [1.165, 1.54) is 23.7 Å². The van der Waals surface area contributed by atoms with Gasteiger partial charge in [-0.3, -0.25) is 0 Å². The van der Waals surface area contributed by atoms with Crippen LogP contribution in [-0.4, -0.2) is 0 Å². The molecule has 50 valence electrons. The molecule has 3 saturated carbocycles. The quantitative estimate of drug-likeness (QED) is 0.501. The van der Waals surface area contributed by atoms with Crippen molar-refractivity contribution in [1.82, 2.24) is 0 Å². The van der Waals surface area contributed by atoms with E-state index in [2.05, 4.69) is 0 Å². The van der Waals surface area contributed by atoms with Crippen molar-refractivity contribution >= 4 is 0 Å². The predicted octanol–water partition coefficient (Wildman–Crippen LogP) is 2.44. The van der Waals surface area contributed by atoms with Crippen LogP contribution in [0.5, 0.6) is 0 Å². The second-order valence-electron chi connectivity index (χ2n) is 4.25. The highest BCUT2D eigenvalue weighted by molar-refractivity contribution is 5.05. The Morgan fingerprint density at radius 3 is 1.78 bits per heavy atom. The molecule has 0 nitrogen and oxygen atoms in total. The summed E-state index contributed by atoms with van der Waals surface area (Å²) in [5.41, 5.74) is 0. The highest BCUT2D eigenvalue weighted by Gasteiger charge is 2.56. The van der Waals surface area contributed by atoms with Gasteiger partial charge >= 0.3 is 0 Å². The average Bonchev–Trinajstić information content (AvgIpc) is 2.29. The minimum Gasteiger partial charge on any atom is -0.0528 e. The van der Waals surface area contributed by atoms with Gasteiger partial charge in [-0.25, -0.2) is 0 Å². The molecule has 3 unspecified atom stereocenters. The minimum absolute atomic E-state index is 1.20. The minimum atomic E-state index is 1.20. The molecule has 0 heteroatoms. The van der Waals surface area contributed by atoms with Gasteiger partial charge in [-0.2, -0.15) is 0 Å². The lowest BCUT2D eigenvalue weighted by Gasteiger charge is -2.38. The van der Waals surface area contributed by atoms with Gasteiger partial charge in [-0.1, -0.05) is 19.3 Å². The molecule has 9 heavy (non-hydrogen) atoms. The summed E-state index contributed by atoms with van der Waals surface area (Å²) in [7, 11) is 0. The lowest BCUT2D eigenvalue weighted by molar-refractivity contribution is 0.116. The third-order valence-corrected chi connectivity index (χ3v) is 3.86. The first-order valence-corrected chi connectivity index (χ1v) is 4.45. The molecule has 0 N–H and O–H groups in total. The summed E-state index contributed by atoms with van der Waals surface area (Å²) in [5.74, 6) is 4.91. The first kappa shape index (κ1) is 4.76. The van der Waals surface area contributed by atoms with Crippen LogP contribution < -0.4 is 0 Å². The first-order chi connectivity index (χ1) is 4.45. The summed E-state index contributed by atoms with van der Waals surface area (Å²) in [5, 5.41) is 0. The van der Waals surface area contributed by atoms with Gasteiger partial charge in [0.2, 0.25) is 0 Å². The van der Waals surface area contributed by atoms with Crippen molar-refractivity contribution in [3.63, 3.8) is 0 Å². The molecule has 0 amide bonds. The van der Waals surface area contributed by atoms with E-state index in [0.717, 1.165) is 0 Å². The van der Waals surface area contributed by atoms with E-state index in [1.807, 2.05) is 0 Å².